The summed E-state index contributed by atoms with van der Waals surface area (Å²) in [6.45, 7) is 7.31. The van der Waals surface area contributed by atoms with Gasteiger partial charge in [-0.15, -0.1) is 0 Å². The largest absolute Gasteiger partial charge is 0.329 e. The lowest BCUT2D eigenvalue weighted by Gasteiger charge is -1.55. The van der Waals surface area contributed by atoms with E-state index in [9.17, 15) is 0 Å². The molecule has 0 bridgehead atoms. The van der Waals surface area contributed by atoms with Gasteiger partial charge in [-0.1, -0.05) is 0 Å². The molecule has 0 amide bonds. The maximum absolute atomic E-state index is 3.32. The van der Waals surface area contributed by atoms with Crippen LogP contribution >= 0.6 is 0 Å². The first-order chi connectivity index (χ1) is 2.41. The van der Waals surface area contributed by atoms with E-state index >= 15 is 0 Å². The molecule has 0 rings (SSSR count). The fourth-order valence-electron chi connectivity index (χ4n) is 0.0884. The summed E-state index contributed by atoms with van der Waals surface area (Å²) < 4.78 is 0. The molecule has 0 aliphatic carbocycles. The molecule has 0 unspecified atom stereocenters. The molecule has 0 spiro atoms. The summed E-state index contributed by atoms with van der Waals surface area (Å²) in [7, 11) is 0. The zero-order valence-electron chi connectivity index (χ0n) is 3.12. The van der Waals surface area contributed by atoms with Gasteiger partial charge < -0.3 is 0 Å². The molecular weight excluding hydrogens is 64.0 g/mol. The van der Waals surface area contributed by atoms with Crippen LogP contribution in [0, 0.1) is 0 Å². The van der Waals surface area contributed by atoms with E-state index in [1.165, 1.54) is 0 Å². The second-order valence-electron chi connectivity index (χ2n) is 0.677. The Morgan fingerprint density at radius 2 is 1.60 bits per heavy atom. The molecule has 0 heterocycles. The molecule has 0 saturated heterocycles. The predicted octanol–water partition coefficient (Wildman–Crippen LogP) is -3.49. The van der Waals surface area contributed by atoms with E-state index in [1.54, 1.807) is 0 Å². The molecule has 0 aliphatic heterocycles. The van der Waals surface area contributed by atoms with Crippen LogP contribution in [0.5, 0.6) is 0 Å². The fraction of sp³-hybridized carbons (Fsp3) is 0.333. The van der Waals surface area contributed by atoms with Gasteiger partial charge in [0.25, 0.3) is 0 Å². The molecule has 0 aromatic rings. The van der Waals surface area contributed by atoms with Crippen molar-refractivity contribution in [2.75, 3.05) is 6.67 Å². The third-order valence-electron chi connectivity index (χ3n) is 0.250. The molecule has 0 fully saturated rings. The van der Waals surface area contributed by atoms with E-state index in [0.717, 1.165) is 0 Å². The van der Waals surface area contributed by atoms with Crippen molar-refractivity contribution < 1.29 is 9.98 Å². The second-order valence-corrected chi connectivity index (χ2v) is 0.677. The summed E-state index contributed by atoms with van der Waals surface area (Å²) in [6.07, 6.45) is 0. The quantitative estimate of drug-likeness (QED) is 0.250. The Bertz CT molecular complexity index is 34.2. The first-order valence-electron chi connectivity index (χ1n) is 1.41. The zero-order valence-corrected chi connectivity index (χ0v) is 3.12. The van der Waals surface area contributed by atoms with Gasteiger partial charge in [0.15, 0.2) is 0 Å². The van der Waals surface area contributed by atoms with Crippen LogP contribution in [0.3, 0.4) is 0 Å². The highest BCUT2D eigenvalue weighted by Gasteiger charge is 1.65. The Balaban J connectivity index is 2.65. The summed E-state index contributed by atoms with van der Waals surface area (Å²) >= 11 is 0. The van der Waals surface area contributed by atoms with Crippen LogP contribution in [0.2, 0.25) is 0 Å². The normalized spacial score (nSPS) is 6.40. The Kier molecular flexibility index (Phi) is 2.90. The average Bonchev–Trinajstić information content (AvgIpc) is 1.41. The molecule has 2 heteroatoms. The summed E-state index contributed by atoms with van der Waals surface area (Å²) in [4.78, 5) is 5.19. The van der Waals surface area contributed by atoms with Crippen molar-refractivity contribution in [1.82, 2.24) is 0 Å². The molecule has 2 nitrogen and oxygen atoms in total. The van der Waals surface area contributed by atoms with E-state index in [1.807, 2.05) is 0 Å². The zero-order chi connectivity index (χ0) is 4.12. The average molecular weight is 72.1 g/mol. The van der Waals surface area contributed by atoms with Crippen molar-refractivity contribution in [3.05, 3.63) is 0 Å². The van der Waals surface area contributed by atoms with Crippen LogP contribution in [0.15, 0.2) is 0 Å². The number of hydrogen-bond acceptors (Lipinski definition) is 0. The summed E-state index contributed by atoms with van der Waals surface area (Å²) in [5, 5.41) is 0. The summed E-state index contributed by atoms with van der Waals surface area (Å²) in [5.74, 6) is 0. The number of hydrogen-bond donors (Lipinski definition) is 2. The first-order valence-corrected chi connectivity index (χ1v) is 1.41. The number of nitrogens with one attached hydrogen (secondary N) is 2. The highest BCUT2D eigenvalue weighted by atomic mass is 14.9. The van der Waals surface area contributed by atoms with Crippen molar-refractivity contribution in [3.8, 4) is 0 Å². The molecular formula is C3H8N2+2. The third kappa shape index (κ3) is 3.34. The Labute approximate surface area is 31.3 Å². The lowest BCUT2D eigenvalue weighted by molar-refractivity contribution is -0.671. The van der Waals surface area contributed by atoms with Crippen LogP contribution in [-0.2, 0) is 0 Å². The SMILES string of the molecule is C=[NH+]C[NH+]=C. The predicted molar refractivity (Wildman–Crippen MR) is 21.0 cm³/mol. The van der Waals surface area contributed by atoms with Crippen LogP contribution in [-0.4, -0.2) is 20.1 Å². The first kappa shape index (κ1) is 4.34. The van der Waals surface area contributed by atoms with Crippen LogP contribution in [0.25, 0.3) is 0 Å². The topological polar surface area (TPSA) is 27.9 Å². The van der Waals surface area contributed by atoms with Crippen LogP contribution in [0.1, 0.15) is 0 Å². The Morgan fingerprint density at radius 1 is 1.20 bits per heavy atom. The van der Waals surface area contributed by atoms with Gasteiger partial charge in [0.2, 0.25) is 0 Å². The van der Waals surface area contributed by atoms with Gasteiger partial charge in [0.1, 0.15) is 13.4 Å². The fourth-order valence-corrected chi connectivity index (χ4v) is 0.0884. The van der Waals surface area contributed by atoms with E-state index in [4.69, 9.17) is 0 Å². The third-order valence-corrected chi connectivity index (χ3v) is 0.250. The highest BCUT2D eigenvalue weighted by Crippen LogP contribution is 0.721. The smallest absolute Gasteiger partial charge is 0.197 e. The van der Waals surface area contributed by atoms with Gasteiger partial charge in [0, 0.05) is 0 Å². The summed E-state index contributed by atoms with van der Waals surface area (Å²) in [5.41, 5.74) is 0. The molecule has 2 N–H and O–H groups in total. The molecule has 0 atom stereocenters. The van der Waals surface area contributed by atoms with E-state index < -0.39 is 0 Å². The minimum absolute atomic E-state index is 0.667. The van der Waals surface area contributed by atoms with Crippen LogP contribution < -0.4 is 9.98 Å². The van der Waals surface area contributed by atoms with Crippen LogP contribution in [0.4, 0.5) is 0 Å². The lowest BCUT2D eigenvalue weighted by atomic mass is 11.1. The molecule has 28 valence electrons. The van der Waals surface area contributed by atoms with Gasteiger partial charge in [-0.3, -0.25) is 0 Å². The van der Waals surface area contributed by atoms with E-state index in [-0.39, 0.29) is 0 Å². The van der Waals surface area contributed by atoms with Crippen molar-refractivity contribution in [2.45, 2.75) is 0 Å². The number of rotatable bonds is 2. The minimum atomic E-state index is 0.667. The lowest BCUT2D eigenvalue weighted by Crippen LogP contribution is -2.89. The van der Waals surface area contributed by atoms with Crippen molar-refractivity contribution in [2.24, 2.45) is 0 Å². The van der Waals surface area contributed by atoms with Crippen molar-refractivity contribution >= 4 is 13.4 Å². The summed E-state index contributed by atoms with van der Waals surface area (Å²) in [6, 6.07) is 0. The maximum Gasteiger partial charge on any atom is 0.329 e. The maximum atomic E-state index is 3.32. The highest BCUT2D eigenvalue weighted by molar-refractivity contribution is 5.13. The minimum Gasteiger partial charge on any atom is -0.197 e. The Morgan fingerprint density at radius 3 is 1.60 bits per heavy atom. The molecule has 5 heavy (non-hydrogen) atoms. The van der Waals surface area contributed by atoms with Gasteiger partial charge >= 0.3 is 6.67 Å². The molecule has 0 aliphatic rings. The van der Waals surface area contributed by atoms with E-state index in [0.29, 0.717) is 6.67 Å². The van der Waals surface area contributed by atoms with Gasteiger partial charge in [0.05, 0.1) is 0 Å². The monoisotopic (exact) mass is 72.1 g/mol. The van der Waals surface area contributed by atoms with Gasteiger partial charge in [-0.05, 0) is 0 Å². The standard InChI is InChI=1S/C3H6N2/c1-4-3-5-2/h1-3H2/p+2. The second kappa shape index (κ2) is 3.34. The molecule has 0 aromatic heterocycles. The molecule has 0 saturated carbocycles. The van der Waals surface area contributed by atoms with Crippen molar-refractivity contribution in [3.63, 3.8) is 0 Å². The Hall–Kier alpha value is -0.660. The molecule has 0 radical (unpaired) electrons. The van der Waals surface area contributed by atoms with Crippen molar-refractivity contribution in [1.29, 1.82) is 0 Å². The van der Waals surface area contributed by atoms with Gasteiger partial charge in [-0.25, -0.2) is 0 Å². The molecule has 0 aromatic carbocycles. The van der Waals surface area contributed by atoms with E-state index in [2.05, 4.69) is 23.4 Å². The van der Waals surface area contributed by atoms with Gasteiger partial charge in [-0.2, -0.15) is 9.98 Å².